The molecule has 0 saturated heterocycles. The van der Waals surface area contributed by atoms with E-state index in [1.165, 1.54) is 0 Å². The van der Waals surface area contributed by atoms with Gasteiger partial charge in [0.25, 0.3) is 5.91 Å². The molecule has 29 heavy (non-hydrogen) atoms. The molecule has 0 aliphatic carbocycles. The van der Waals surface area contributed by atoms with Gasteiger partial charge in [-0.1, -0.05) is 23.4 Å². The first-order valence-corrected chi connectivity index (χ1v) is 9.12. The van der Waals surface area contributed by atoms with Crippen molar-refractivity contribution in [2.24, 2.45) is 0 Å². The number of hydrogen-bond donors (Lipinski definition) is 1. The molecule has 0 fully saturated rings. The van der Waals surface area contributed by atoms with Crippen molar-refractivity contribution < 1.29 is 9.53 Å². The lowest BCUT2D eigenvalue weighted by Crippen LogP contribution is -2.25. The maximum atomic E-state index is 12.8. The Morgan fingerprint density at radius 2 is 1.86 bits per heavy atom. The van der Waals surface area contributed by atoms with Gasteiger partial charge < -0.3 is 14.6 Å². The highest BCUT2D eigenvalue weighted by Crippen LogP contribution is 2.17. The van der Waals surface area contributed by atoms with Gasteiger partial charge in [-0.3, -0.25) is 9.78 Å². The summed E-state index contributed by atoms with van der Waals surface area (Å²) in [6.07, 6.45) is 5.41. The number of rotatable bonds is 7. The van der Waals surface area contributed by atoms with Crippen molar-refractivity contribution in [2.75, 3.05) is 7.11 Å². The smallest absolute Gasteiger partial charge is 0.276 e. The second kappa shape index (κ2) is 8.39. The zero-order chi connectivity index (χ0) is 20.1. The Labute approximate surface area is 167 Å². The second-order valence-corrected chi connectivity index (χ2v) is 6.36. The molecule has 3 heterocycles. The number of methoxy groups -OCH3 is 1. The molecule has 3 aromatic heterocycles. The van der Waals surface area contributed by atoms with Crippen molar-refractivity contribution in [1.82, 2.24) is 29.9 Å². The Bertz CT molecular complexity index is 1070. The van der Waals surface area contributed by atoms with Crippen LogP contribution in [0.15, 0.2) is 73.2 Å². The molecule has 0 saturated carbocycles. The number of carbonyl (C=O) groups excluding carboxylic acids is 1. The minimum absolute atomic E-state index is 0.255. The van der Waals surface area contributed by atoms with Gasteiger partial charge in [0, 0.05) is 18.6 Å². The molecule has 1 N–H and O–H groups in total. The largest absolute Gasteiger partial charge is 0.497 e. The Morgan fingerprint density at radius 3 is 2.55 bits per heavy atom. The molecule has 0 unspecified atom stereocenters. The summed E-state index contributed by atoms with van der Waals surface area (Å²) in [4.78, 5) is 17.0. The van der Waals surface area contributed by atoms with E-state index in [9.17, 15) is 4.79 Å². The molecular formula is C21H20N6O2. The van der Waals surface area contributed by atoms with Crippen LogP contribution < -0.4 is 10.1 Å². The summed E-state index contributed by atoms with van der Waals surface area (Å²) in [5.41, 5.74) is 2.05. The average molecular weight is 388 g/mol. The van der Waals surface area contributed by atoms with E-state index >= 15 is 0 Å². The first-order chi connectivity index (χ1) is 14.2. The number of aromatic nitrogens is 5. The van der Waals surface area contributed by atoms with Crippen molar-refractivity contribution in [1.29, 1.82) is 0 Å². The maximum absolute atomic E-state index is 12.8. The number of benzene rings is 1. The molecule has 0 spiro atoms. The standard InChI is InChI=1S/C21H20N6O2/c1-29-18-9-7-16(8-10-18)15-27-21(26-12-4-5-13-26)19(24-25-27)20(28)23-14-17-6-2-3-11-22-17/h2-13H,14-15H2,1H3,(H,23,28). The van der Waals surface area contributed by atoms with Gasteiger partial charge in [-0.05, 0) is 42.0 Å². The van der Waals surface area contributed by atoms with Crippen LogP contribution in [-0.4, -0.2) is 37.6 Å². The third-order valence-electron chi connectivity index (χ3n) is 4.42. The predicted molar refractivity (Wildman–Crippen MR) is 107 cm³/mol. The lowest BCUT2D eigenvalue weighted by molar-refractivity contribution is 0.0945. The maximum Gasteiger partial charge on any atom is 0.276 e. The van der Waals surface area contributed by atoms with Crippen LogP contribution in [0.4, 0.5) is 0 Å². The highest BCUT2D eigenvalue weighted by atomic mass is 16.5. The fourth-order valence-electron chi connectivity index (χ4n) is 2.95. The number of hydrogen-bond acceptors (Lipinski definition) is 5. The van der Waals surface area contributed by atoms with Gasteiger partial charge in [0.2, 0.25) is 0 Å². The molecule has 146 valence electrons. The van der Waals surface area contributed by atoms with Crippen molar-refractivity contribution in [3.63, 3.8) is 0 Å². The van der Waals surface area contributed by atoms with Crippen LogP contribution in [0.5, 0.6) is 5.75 Å². The number of amides is 1. The van der Waals surface area contributed by atoms with Crippen molar-refractivity contribution in [3.8, 4) is 11.6 Å². The summed E-state index contributed by atoms with van der Waals surface area (Å²) < 4.78 is 8.74. The number of nitrogens with zero attached hydrogens (tertiary/aromatic N) is 5. The fourth-order valence-corrected chi connectivity index (χ4v) is 2.95. The number of pyridine rings is 1. The third-order valence-corrected chi connectivity index (χ3v) is 4.42. The Balaban J connectivity index is 1.59. The molecule has 4 rings (SSSR count). The van der Waals surface area contributed by atoms with E-state index in [2.05, 4.69) is 20.6 Å². The van der Waals surface area contributed by atoms with E-state index in [0.717, 1.165) is 17.0 Å². The highest BCUT2D eigenvalue weighted by Gasteiger charge is 2.21. The van der Waals surface area contributed by atoms with Crippen molar-refractivity contribution in [3.05, 3.63) is 90.1 Å². The molecule has 0 aliphatic rings. The van der Waals surface area contributed by atoms with Gasteiger partial charge >= 0.3 is 0 Å². The highest BCUT2D eigenvalue weighted by molar-refractivity contribution is 5.95. The minimum Gasteiger partial charge on any atom is -0.497 e. The number of ether oxygens (including phenoxy) is 1. The number of nitrogens with one attached hydrogen (secondary N) is 1. The summed E-state index contributed by atoms with van der Waals surface area (Å²) in [6, 6.07) is 17.0. The first kappa shape index (κ1) is 18.4. The first-order valence-electron chi connectivity index (χ1n) is 9.12. The summed E-state index contributed by atoms with van der Waals surface area (Å²) in [6.45, 7) is 0.786. The van der Waals surface area contributed by atoms with Gasteiger partial charge in [0.1, 0.15) is 5.75 Å². The van der Waals surface area contributed by atoms with Crippen LogP contribution in [0.3, 0.4) is 0 Å². The van der Waals surface area contributed by atoms with Crippen LogP contribution >= 0.6 is 0 Å². The van der Waals surface area contributed by atoms with Gasteiger partial charge in [0.15, 0.2) is 11.5 Å². The molecule has 0 radical (unpaired) electrons. The third kappa shape index (κ3) is 4.16. The van der Waals surface area contributed by atoms with Crippen LogP contribution in [0.2, 0.25) is 0 Å². The van der Waals surface area contributed by atoms with E-state index in [1.54, 1.807) is 18.0 Å². The van der Waals surface area contributed by atoms with Gasteiger partial charge in [-0.15, -0.1) is 5.10 Å². The quantitative estimate of drug-likeness (QED) is 0.526. The SMILES string of the molecule is COc1ccc(Cn2nnc(C(=O)NCc3ccccn3)c2-n2cccc2)cc1. The van der Waals surface area contributed by atoms with E-state index in [4.69, 9.17) is 4.74 Å². The number of carbonyl (C=O) groups is 1. The predicted octanol–water partition coefficient (Wildman–Crippen LogP) is 2.45. The molecule has 8 nitrogen and oxygen atoms in total. The topological polar surface area (TPSA) is 86.9 Å². The molecule has 8 heteroatoms. The zero-order valence-corrected chi connectivity index (χ0v) is 15.9. The summed E-state index contributed by atoms with van der Waals surface area (Å²) in [7, 11) is 1.63. The summed E-state index contributed by atoms with van der Waals surface area (Å²) in [5, 5.41) is 11.2. The van der Waals surface area contributed by atoms with Crippen molar-refractivity contribution >= 4 is 5.91 Å². The molecule has 0 atom stereocenters. The molecule has 4 aromatic rings. The van der Waals surface area contributed by atoms with Gasteiger partial charge in [0.05, 0.1) is 25.9 Å². The summed E-state index contributed by atoms with van der Waals surface area (Å²) in [5.74, 6) is 1.08. The van der Waals surface area contributed by atoms with E-state index in [0.29, 0.717) is 18.9 Å². The molecule has 1 aromatic carbocycles. The Morgan fingerprint density at radius 1 is 1.07 bits per heavy atom. The van der Waals surface area contributed by atoms with E-state index < -0.39 is 0 Å². The molecule has 0 aliphatic heterocycles. The van der Waals surface area contributed by atoms with E-state index in [-0.39, 0.29) is 11.6 Å². The summed E-state index contributed by atoms with van der Waals surface area (Å²) >= 11 is 0. The average Bonchev–Trinajstić information content (AvgIpc) is 3.43. The van der Waals surface area contributed by atoms with Crippen LogP contribution in [0, 0.1) is 0 Å². The van der Waals surface area contributed by atoms with E-state index in [1.807, 2.05) is 71.6 Å². The molecule has 1 amide bonds. The Hall–Kier alpha value is -3.94. The van der Waals surface area contributed by atoms with Crippen LogP contribution in [-0.2, 0) is 13.1 Å². The van der Waals surface area contributed by atoms with Gasteiger partial charge in [-0.2, -0.15) is 0 Å². The normalized spacial score (nSPS) is 10.7. The van der Waals surface area contributed by atoms with Gasteiger partial charge in [-0.25, -0.2) is 4.68 Å². The van der Waals surface area contributed by atoms with Crippen LogP contribution in [0.1, 0.15) is 21.7 Å². The lowest BCUT2D eigenvalue weighted by atomic mass is 10.2. The van der Waals surface area contributed by atoms with Crippen LogP contribution in [0.25, 0.3) is 5.82 Å². The minimum atomic E-state index is -0.305. The monoisotopic (exact) mass is 388 g/mol. The zero-order valence-electron chi connectivity index (χ0n) is 15.9. The second-order valence-electron chi connectivity index (χ2n) is 6.36. The van der Waals surface area contributed by atoms with Crippen molar-refractivity contribution in [2.45, 2.75) is 13.1 Å². The lowest BCUT2D eigenvalue weighted by Gasteiger charge is -2.10. The Kier molecular flexibility index (Phi) is 5.33. The fraction of sp³-hybridized carbons (Fsp3) is 0.143. The molecule has 0 bridgehead atoms. The molecular weight excluding hydrogens is 368 g/mol.